The Morgan fingerprint density at radius 2 is 2.06 bits per heavy atom. The fraction of sp³-hybridized carbons (Fsp3) is 0.857. The van der Waals surface area contributed by atoms with Crippen LogP contribution >= 0.6 is 11.6 Å². The molecule has 0 radical (unpaired) electrons. The molecule has 0 aromatic carbocycles. The van der Waals surface area contributed by atoms with E-state index in [1.807, 2.05) is 0 Å². The lowest BCUT2D eigenvalue weighted by Crippen LogP contribution is -2.68. The van der Waals surface area contributed by atoms with Crippen molar-refractivity contribution in [3.63, 3.8) is 0 Å². The van der Waals surface area contributed by atoms with Gasteiger partial charge in [-0.2, -0.15) is 0 Å². The average molecular weight is 257 g/mol. The second-order valence-corrected chi connectivity index (χ2v) is 6.89. The fourth-order valence-electron chi connectivity index (χ4n) is 2.80. The molecule has 0 amide bonds. The number of hydrogen-bond donors (Lipinski definition) is 1. The summed E-state index contributed by atoms with van der Waals surface area (Å²) in [5.41, 5.74) is 3.49. The van der Waals surface area contributed by atoms with E-state index in [1.165, 1.54) is 18.4 Å². The molecule has 1 atom stereocenters. The summed E-state index contributed by atoms with van der Waals surface area (Å²) < 4.78 is 0. The Hall–Kier alpha value is -0.0500. The van der Waals surface area contributed by atoms with Crippen molar-refractivity contribution in [3.05, 3.63) is 11.1 Å². The van der Waals surface area contributed by atoms with Crippen LogP contribution in [0, 0.1) is 5.92 Å². The summed E-state index contributed by atoms with van der Waals surface area (Å²) in [5.74, 6) is 0.876. The van der Waals surface area contributed by atoms with Crippen LogP contribution in [0.5, 0.6) is 0 Å². The van der Waals surface area contributed by atoms with Crippen LogP contribution in [0.4, 0.5) is 0 Å². The van der Waals surface area contributed by atoms with Gasteiger partial charge in [-0.25, -0.2) is 0 Å². The summed E-state index contributed by atoms with van der Waals surface area (Å²) in [7, 11) is 0. The highest BCUT2D eigenvalue weighted by Gasteiger charge is 2.47. The first kappa shape index (κ1) is 13.4. The van der Waals surface area contributed by atoms with Crippen LogP contribution < -0.4 is 5.32 Å². The molecule has 0 spiro atoms. The van der Waals surface area contributed by atoms with E-state index in [4.69, 9.17) is 11.6 Å². The Morgan fingerprint density at radius 3 is 2.59 bits per heavy atom. The smallest absolute Gasteiger partial charge is 0.0309 e. The maximum Gasteiger partial charge on any atom is 0.0309 e. The normalized spacial score (nSPS) is 35.0. The van der Waals surface area contributed by atoms with Gasteiger partial charge in [0.1, 0.15) is 0 Å². The second kappa shape index (κ2) is 4.56. The van der Waals surface area contributed by atoms with Crippen LogP contribution in [0.15, 0.2) is 11.1 Å². The first-order chi connectivity index (χ1) is 7.87. The summed E-state index contributed by atoms with van der Waals surface area (Å²) >= 11 is 5.81. The lowest BCUT2D eigenvalue weighted by Gasteiger charge is -2.51. The average Bonchev–Trinajstić information content (AvgIpc) is 3.08. The van der Waals surface area contributed by atoms with Crippen LogP contribution in [0.1, 0.15) is 40.5 Å². The van der Waals surface area contributed by atoms with E-state index in [0.717, 1.165) is 25.6 Å². The largest absolute Gasteiger partial charge is 0.308 e. The Bertz CT molecular complexity index is 320. The standard InChI is InChI=1S/C14H25ClN2/c1-11(7-15)8-17-10-14(4,12-5-6-12)16-9-13(17,2)3/h7,12,16H,5-6,8-10H2,1-4H3. The van der Waals surface area contributed by atoms with Crippen LogP contribution in [0.2, 0.25) is 0 Å². The summed E-state index contributed by atoms with van der Waals surface area (Å²) in [6.45, 7) is 12.3. The zero-order valence-electron chi connectivity index (χ0n) is 11.5. The number of piperazine rings is 1. The number of halogens is 1. The van der Waals surface area contributed by atoms with Gasteiger partial charge in [-0.1, -0.05) is 11.6 Å². The van der Waals surface area contributed by atoms with Gasteiger partial charge in [0.05, 0.1) is 0 Å². The van der Waals surface area contributed by atoms with Crippen molar-refractivity contribution in [3.8, 4) is 0 Å². The van der Waals surface area contributed by atoms with Gasteiger partial charge in [-0.15, -0.1) is 0 Å². The predicted molar refractivity (Wildman–Crippen MR) is 74.4 cm³/mol. The molecule has 1 saturated heterocycles. The SMILES string of the molecule is CC(=CCl)CN1CC(C)(C2CC2)NCC1(C)C. The van der Waals surface area contributed by atoms with Crippen LogP contribution in [-0.4, -0.2) is 35.6 Å². The van der Waals surface area contributed by atoms with E-state index in [2.05, 4.69) is 37.9 Å². The van der Waals surface area contributed by atoms with Crippen molar-refractivity contribution in [2.45, 2.75) is 51.6 Å². The predicted octanol–water partition coefficient (Wildman–Crippen LogP) is 2.98. The zero-order valence-corrected chi connectivity index (χ0v) is 12.3. The van der Waals surface area contributed by atoms with E-state index in [9.17, 15) is 0 Å². The third-order valence-corrected chi connectivity index (χ3v) is 4.78. The first-order valence-corrected chi connectivity index (χ1v) is 7.07. The van der Waals surface area contributed by atoms with Crippen LogP contribution in [0.25, 0.3) is 0 Å². The van der Waals surface area contributed by atoms with Gasteiger partial charge in [-0.3, -0.25) is 4.90 Å². The minimum absolute atomic E-state index is 0.218. The molecule has 0 bridgehead atoms. The van der Waals surface area contributed by atoms with Crippen molar-refractivity contribution in [2.75, 3.05) is 19.6 Å². The van der Waals surface area contributed by atoms with Gasteiger partial charge in [0.15, 0.2) is 0 Å². The summed E-state index contributed by atoms with van der Waals surface area (Å²) in [6, 6.07) is 0. The summed E-state index contributed by atoms with van der Waals surface area (Å²) in [6.07, 6.45) is 2.78. The molecule has 0 aromatic heterocycles. The molecule has 1 unspecified atom stereocenters. The van der Waals surface area contributed by atoms with E-state index >= 15 is 0 Å². The molecule has 98 valence electrons. The first-order valence-electron chi connectivity index (χ1n) is 6.63. The van der Waals surface area contributed by atoms with E-state index in [1.54, 1.807) is 5.54 Å². The monoisotopic (exact) mass is 256 g/mol. The number of nitrogens with zero attached hydrogens (tertiary/aromatic N) is 1. The number of rotatable bonds is 3. The molecule has 2 rings (SSSR count). The van der Waals surface area contributed by atoms with Gasteiger partial charge in [0.2, 0.25) is 0 Å². The Morgan fingerprint density at radius 1 is 1.41 bits per heavy atom. The maximum atomic E-state index is 5.81. The van der Waals surface area contributed by atoms with Crippen LogP contribution in [-0.2, 0) is 0 Å². The van der Waals surface area contributed by atoms with E-state index < -0.39 is 0 Å². The molecular weight excluding hydrogens is 232 g/mol. The molecule has 1 aliphatic heterocycles. The molecule has 3 heteroatoms. The van der Waals surface area contributed by atoms with Crippen molar-refractivity contribution < 1.29 is 0 Å². The molecule has 17 heavy (non-hydrogen) atoms. The minimum atomic E-state index is 0.218. The summed E-state index contributed by atoms with van der Waals surface area (Å²) in [4.78, 5) is 2.58. The third-order valence-electron chi connectivity index (χ3n) is 4.41. The minimum Gasteiger partial charge on any atom is -0.308 e. The summed E-state index contributed by atoms with van der Waals surface area (Å²) in [5, 5.41) is 3.77. The molecule has 2 nitrogen and oxygen atoms in total. The highest BCUT2D eigenvalue weighted by molar-refractivity contribution is 6.25. The lowest BCUT2D eigenvalue weighted by atomic mass is 9.86. The second-order valence-electron chi connectivity index (χ2n) is 6.67. The molecular formula is C14H25ClN2. The van der Waals surface area contributed by atoms with Crippen LogP contribution in [0.3, 0.4) is 0 Å². The van der Waals surface area contributed by atoms with Crippen molar-refractivity contribution in [1.82, 2.24) is 10.2 Å². The Balaban J connectivity index is 2.08. The van der Waals surface area contributed by atoms with Gasteiger partial charge < -0.3 is 5.32 Å². The zero-order chi connectivity index (χ0) is 12.7. The molecule has 1 saturated carbocycles. The number of hydrogen-bond acceptors (Lipinski definition) is 2. The highest BCUT2D eigenvalue weighted by atomic mass is 35.5. The fourth-order valence-corrected chi connectivity index (χ4v) is 2.86. The van der Waals surface area contributed by atoms with Crippen molar-refractivity contribution >= 4 is 11.6 Å². The van der Waals surface area contributed by atoms with Crippen molar-refractivity contribution in [1.29, 1.82) is 0 Å². The van der Waals surface area contributed by atoms with Gasteiger partial charge in [0.25, 0.3) is 0 Å². The number of nitrogens with one attached hydrogen (secondary N) is 1. The molecule has 2 fully saturated rings. The van der Waals surface area contributed by atoms with Gasteiger partial charge in [0, 0.05) is 36.2 Å². The quantitative estimate of drug-likeness (QED) is 0.835. The topological polar surface area (TPSA) is 15.3 Å². The third kappa shape index (κ3) is 2.86. The molecule has 2 aliphatic rings. The van der Waals surface area contributed by atoms with Crippen molar-refractivity contribution in [2.24, 2.45) is 5.92 Å². The Labute approximate surface area is 110 Å². The molecule has 0 aromatic rings. The molecule has 1 N–H and O–H groups in total. The van der Waals surface area contributed by atoms with Gasteiger partial charge in [-0.05, 0) is 52.0 Å². The molecule has 1 heterocycles. The van der Waals surface area contributed by atoms with Gasteiger partial charge >= 0.3 is 0 Å². The maximum absolute atomic E-state index is 5.81. The highest BCUT2D eigenvalue weighted by Crippen LogP contribution is 2.42. The Kier molecular flexibility index (Phi) is 3.59. The molecule has 1 aliphatic carbocycles. The van der Waals surface area contributed by atoms with E-state index in [0.29, 0.717) is 5.54 Å². The lowest BCUT2D eigenvalue weighted by molar-refractivity contribution is 0.0320. The van der Waals surface area contributed by atoms with E-state index in [-0.39, 0.29) is 5.54 Å².